The lowest BCUT2D eigenvalue weighted by Gasteiger charge is -2.58. The highest BCUT2D eigenvalue weighted by molar-refractivity contribution is 6.26. The van der Waals surface area contributed by atoms with Crippen LogP contribution in [0.5, 0.6) is 0 Å². The number of halogens is 1. The molecule has 3 heteroatoms. The Morgan fingerprint density at radius 2 is 1.88 bits per heavy atom. The summed E-state index contributed by atoms with van der Waals surface area (Å²) in [5.41, 5.74) is 2.44. The number of esters is 1. The van der Waals surface area contributed by atoms with Crippen LogP contribution < -0.4 is 0 Å². The molecule has 3 fully saturated rings. The monoisotopic (exact) mass is 462 g/mol. The van der Waals surface area contributed by atoms with Gasteiger partial charge in [0.1, 0.15) is 12.0 Å². The van der Waals surface area contributed by atoms with E-state index in [1.807, 2.05) is 0 Å². The van der Waals surface area contributed by atoms with Crippen LogP contribution in [-0.4, -0.2) is 18.0 Å². The van der Waals surface area contributed by atoms with E-state index < -0.39 is 0 Å². The van der Waals surface area contributed by atoms with Gasteiger partial charge in [-0.1, -0.05) is 65.5 Å². The molecule has 0 amide bonds. The Hall–Kier alpha value is -0.500. The van der Waals surface area contributed by atoms with Crippen molar-refractivity contribution in [2.75, 3.05) is 5.88 Å². The quantitative estimate of drug-likeness (QED) is 0.216. The van der Waals surface area contributed by atoms with Crippen LogP contribution in [0, 0.1) is 46.3 Å². The van der Waals surface area contributed by atoms with Crippen molar-refractivity contribution in [1.82, 2.24) is 0 Å². The molecule has 0 radical (unpaired) electrons. The van der Waals surface area contributed by atoms with Gasteiger partial charge in [0.25, 0.3) is 0 Å². The number of allylic oxidation sites excluding steroid dienone is 1. The van der Waals surface area contributed by atoms with Gasteiger partial charge in [0.15, 0.2) is 0 Å². The predicted molar refractivity (Wildman–Crippen MR) is 134 cm³/mol. The van der Waals surface area contributed by atoms with Gasteiger partial charge in [0, 0.05) is 6.42 Å². The molecule has 0 saturated heterocycles. The minimum atomic E-state index is -0.262. The van der Waals surface area contributed by atoms with Crippen molar-refractivity contribution in [3.63, 3.8) is 0 Å². The largest absolute Gasteiger partial charge is 0.461 e. The van der Waals surface area contributed by atoms with E-state index in [1.165, 1.54) is 57.8 Å². The fraction of sp³-hybridized carbons (Fsp3) is 0.897. The summed E-state index contributed by atoms with van der Waals surface area (Å²) in [4.78, 5) is 11.7. The first-order valence-corrected chi connectivity index (χ1v) is 14.2. The molecule has 4 aliphatic rings. The van der Waals surface area contributed by atoms with E-state index in [0.717, 1.165) is 48.3 Å². The molecule has 4 rings (SSSR count). The third kappa shape index (κ3) is 4.44. The Labute approximate surface area is 202 Å². The molecule has 2 nitrogen and oxygen atoms in total. The molecule has 0 unspecified atom stereocenters. The molecular formula is C29H47ClO2. The third-order valence-electron chi connectivity index (χ3n) is 10.7. The molecule has 0 aliphatic heterocycles. The molecule has 0 bridgehead atoms. The van der Waals surface area contributed by atoms with Gasteiger partial charge in [-0.3, -0.25) is 4.79 Å². The maximum atomic E-state index is 11.7. The number of carbonyl (C=O) groups is 1. The van der Waals surface area contributed by atoms with E-state index in [0.29, 0.717) is 10.8 Å². The number of alkyl halides is 1. The average molecular weight is 463 g/mol. The number of fused-ring (bicyclic) bond motifs is 5. The van der Waals surface area contributed by atoms with Crippen molar-refractivity contribution in [3.05, 3.63) is 11.6 Å². The molecule has 32 heavy (non-hydrogen) atoms. The van der Waals surface area contributed by atoms with Crippen molar-refractivity contribution in [3.8, 4) is 0 Å². The second kappa shape index (κ2) is 9.63. The van der Waals surface area contributed by atoms with Crippen LogP contribution in [0.4, 0.5) is 0 Å². The molecule has 0 N–H and O–H groups in total. The van der Waals surface area contributed by atoms with Crippen LogP contribution in [0.2, 0.25) is 0 Å². The molecule has 0 spiro atoms. The Kier molecular flexibility index (Phi) is 7.41. The molecule has 3 saturated carbocycles. The van der Waals surface area contributed by atoms with E-state index in [9.17, 15) is 4.79 Å². The summed E-state index contributed by atoms with van der Waals surface area (Å²) < 4.78 is 5.63. The molecule has 0 heterocycles. The summed E-state index contributed by atoms with van der Waals surface area (Å²) in [5, 5.41) is 0. The van der Waals surface area contributed by atoms with Crippen LogP contribution in [-0.2, 0) is 9.53 Å². The first-order valence-electron chi connectivity index (χ1n) is 13.6. The fourth-order valence-electron chi connectivity index (χ4n) is 8.97. The first-order chi connectivity index (χ1) is 15.2. The van der Waals surface area contributed by atoms with Gasteiger partial charge < -0.3 is 4.74 Å². The summed E-state index contributed by atoms with van der Waals surface area (Å²) in [6.07, 6.45) is 16.9. The van der Waals surface area contributed by atoms with Gasteiger partial charge in [-0.25, -0.2) is 0 Å². The first kappa shape index (κ1) is 24.6. The lowest BCUT2D eigenvalue weighted by atomic mass is 9.47. The maximum absolute atomic E-state index is 11.7. The lowest BCUT2D eigenvalue weighted by Crippen LogP contribution is -2.51. The standard InChI is InChI=1S/C29H47ClO2/c1-19(2)7-6-8-20(3)24-11-12-25-23-10-9-21-17-22(32-27(31)18-30)13-15-28(21,4)26(23)14-16-29(24,25)5/h9,19-20,22-26H,6-8,10-18H2,1-5H3/t20-,22+,23-,24+,25+,26-,28+,29-/m1/s1. The summed E-state index contributed by atoms with van der Waals surface area (Å²) in [6, 6.07) is 0. The van der Waals surface area contributed by atoms with Gasteiger partial charge in [-0.2, -0.15) is 0 Å². The third-order valence-corrected chi connectivity index (χ3v) is 10.9. The summed E-state index contributed by atoms with van der Waals surface area (Å²) in [6.45, 7) is 12.5. The van der Waals surface area contributed by atoms with Crippen LogP contribution in [0.25, 0.3) is 0 Å². The lowest BCUT2D eigenvalue weighted by molar-refractivity contribution is -0.148. The van der Waals surface area contributed by atoms with Crippen molar-refractivity contribution >= 4 is 17.6 Å². The highest BCUT2D eigenvalue weighted by Gasteiger charge is 2.59. The highest BCUT2D eigenvalue weighted by Crippen LogP contribution is 2.67. The summed E-state index contributed by atoms with van der Waals surface area (Å²) in [5.74, 6) is 4.92. The topological polar surface area (TPSA) is 26.3 Å². The molecule has 0 aromatic heterocycles. The Balaban J connectivity index is 1.45. The molecule has 8 atom stereocenters. The average Bonchev–Trinajstić information content (AvgIpc) is 3.11. The van der Waals surface area contributed by atoms with Crippen LogP contribution >= 0.6 is 11.6 Å². The predicted octanol–water partition coefficient (Wildman–Crippen LogP) is 8.18. The zero-order valence-electron chi connectivity index (χ0n) is 21.3. The highest BCUT2D eigenvalue weighted by atomic mass is 35.5. The Morgan fingerprint density at radius 1 is 1.09 bits per heavy atom. The minimum Gasteiger partial charge on any atom is -0.461 e. The molecular weight excluding hydrogens is 416 g/mol. The number of carbonyl (C=O) groups excluding carboxylic acids is 1. The summed E-state index contributed by atoms with van der Waals surface area (Å²) in [7, 11) is 0. The van der Waals surface area contributed by atoms with Crippen LogP contribution in [0.1, 0.15) is 105 Å². The fourth-order valence-corrected chi connectivity index (χ4v) is 9.03. The zero-order valence-corrected chi connectivity index (χ0v) is 22.1. The number of hydrogen-bond acceptors (Lipinski definition) is 2. The smallest absolute Gasteiger partial charge is 0.321 e. The maximum Gasteiger partial charge on any atom is 0.321 e. The zero-order chi connectivity index (χ0) is 23.1. The summed E-state index contributed by atoms with van der Waals surface area (Å²) >= 11 is 5.68. The molecule has 182 valence electrons. The van der Waals surface area contributed by atoms with E-state index in [2.05, 4.69) is 40.7 Å². The van der Waals surface area contributed by atoms with Crippen LogP contribution in [0.15, 0.2) is 11.6 Å². The van der Waals surface area contributed by atoms with E-state index in [-0.39, 0.29) is 18.0 Å². The minimum absolute atomic E-state index is 0.0329. The molecule has 4 aliphatic carbocycles. The van der Waals surface area contributed by atoms with Gasteiger partial charge >= 0.3 is 5.97 Å². The van der Waals surface area contributed by atoms with Gasteiger partial charge in [-0.05, 0) is 91.3 Å². The number of ether oxygens (including phenoxy) is 1. The SMILES string of the molecule is CC(C)CCC[C@@H](C)[C@@H]1CC[C@H]2[C@H]3CC=C4C[C@@H](OC(=O)CCl)CC[C@]4(C)[C@@H]3CC[C@@]21C. The van der Waals surface area contributed by atoms with Gasteiger partial charge in [0.05, 0.1) is 0 Å². The van der Waals surface area contributed by atoms with Crippen molar-refractivity contribution in [2.24, 2.45) is 46.3 Å². The van der Waals surface area contributed by atoms with Crippen molar-refractivity contribution in [2.45, 2.75) is 111 Å². The molecule has 0 aromatic rings. The van der Waals surface area contributed by atoms with Crippen LogP contribution in [0.3, 0.4) is 0 Å². The molecule has 0 aromatic carbocycles. The second-order valence-electron chi connectivity index (χ2n) is 12.8. The normalized spacial score (nSPS) is 42.0. The number of rotatable bonds is 7. The van der Waals surface area contributed by atoms with E-state index in [1.54, 1.807) is 5.57 Å². The van der Waals surface area contributed by atoms with Gasteiger partial charge in [-0.15, -0.1) is 11.6 Å². The Morgan fingerprint density at radius 3 is 2.59 bits per heavy atom. The van der Waals surface area contributed by atoms with Crippen molar-refractivity contribution in [1.29, 1.82) is 0 Å². The van der Waals surface area contributed by atoms with E-state index >= 15 is 0 Å². The van der Waals surface area contributed by atoms with E-state index in [4.69, 9.17) is 16.3 Å². The Bertz CT molecular complexity index is 714. The van der Waals surface area contributed by atoms with Crippen molar-refractivity contribution < 1.29 is 9.53 Å². The second-order valence-corrected chi connectivity index (χ2v) is 13.0. The number of hydrogen-bond donors (Lipinski definition) is 0. The van der Waals surface area contributed by atoms with Gasteiger partial charge in [0.2, 0.25) is 0 Å².